The monoisotopic (exact) mass is 966 g/mol. The summed E-state index contributed by atoms with van der Waals surface area (Å²) in [5.41, 5.74) is 1.39. The van der Waals surface area contributed by atoms with Crippen molar-refractivity contribution in [2.24, 2.45) is 8.80 Å². The van der Waals surface area contributed by atoms with Crippen LogP contribution in [0.4, 0.5) is 8.78 Å². The number of carbonyl (C=O) groups is 2. The highest BCUT2D eigenvalue weighted by molar-refractivity contribution is 7.79. The Morgan fingerprint density at radius 2 is 0.806 bits per heavy atom. The van der Waals surface area contributed by atoms with Gasteiger partial charge in [-0.25, -0.2) is 17.6 Å². The molecule has 0 saturated carbocycles. The van der Waals surface area contributed by atoms with Gasteiger partial charge >= 0.3 is 0 Å². The summed E-state index contributed by atoms with van der Waals surface area (Å²) < 4.78 is 40.2. The van der Waals surface area contributed by atoms with E-state index in [1.165, 1.54) is 69.6 Å². The number of aldehydes is 2. The van der Waals surface area contributed by atoms with Crippen LogP contribution in [0, 0.1) is 10.8 Å². The number of phenols is 2. The molecule has 0 spiro atoms. The molecule has 6 aromatic heterocycles. The summed E-state index contributed by atoms with van der Waals surface area (Å²) in [5, 5.41) is 40.6. The number of nitrogens with zero attached hydrogens (tertiary/aromatic N) is 2. The molecule has 8 nitrogen and oxygen atoms in total. The predicted molar refractivity (Wildman–Crippen MR) is 263 cm³/mol. The topological polar surface area (TPSA) is 147 Å². The Morgan fingerprint density at radius 3 is 1.18 bits per heavy atom. The normalized spacial score (nSPS) is 15.9. The second kappa shape index (κ2) is 17.0. The fourth-order valence-corrected chi connectivity index (χ4v) is 13.3. The fourth-order valence-electron chi connectivity index (χ4n) is 6.86. The number of allylic oxidation sites excluding steroid dienone is 8. The van der Waals surface area contributed by atoms with Crippen LogP contribution >= 0.6 is 93.7 Å². The second-order valence-electron chi connectivity index (χ2n) is 13.4. The van der Waals surface area contributed by atoms with Crippen LogP contribution in [0.2, 0.25) is 0 Å². The first kappa shape index (κ1) is 41.9. The van der Waals surface area contributed by atoms with E-state index in [0.717, 1.165) is 54.8 Å². The molecule has 0 aliphatic heterocycles. The molecule has 2 aliphatic rings. The molecular formula is C44H24F2N4O4S8. The third-order valence-electron chi connectivity index (χ3n) is 9.77. The van der Waals surface area contributed by atoms with Gasteiger partial charge in [-0.1, -0.05) is 0 Å². The van der Waals surface area contributed by atoms with E-state index in [0.29, 0.717) is 50.2 Å². The van der Waals surface area contributed by atoms with E-state index in [-0.39, 0.29) is 56.6 Å². The van der Waals surface area contributed by atoms with Gasteiger partial charge in [-0.2, -0.15) is 0 Å². The summed E-state index contributed by atoms with van der Waals surface area (Å²) in [6.45, 7) is 0. The molecule has 9 rings (SSSR count). The summed E-state index contributed by atoms with van der Waals surface area (Å²) in [5.74, 6) is -1.59. The zero-order chi connectivity index (χ0) is 43.4. The van der Waals surface area contributed by atoms with E-state index in [1.807, 2.05) is 24.3 Å². The summed E-state index contributed by atoms with van der Waals surface area (Å²) in [6, 6.07) is 23.9. The lowest BCUT2D eigenvalue weighted by Gasteiger charge is -2.18. The second-order valence-corrected chi connectivity index (χ2v) is 20.4. The number of nitrogens with one attached hydrogen (secondary N) is 2. The molecule has 18 heteroatoms. The minimum atomic E-state index is -0.621. The molecule has 0 bridgehead atoms. The van der Waals surface area contributed by atoms with Gasteiger partial charge < -0.3 is 10.2 Å². The van der Waals surface area contributed by atoms with Crippen molar-refractivity contribution < 1.29 is 28.6 Å². The largest absolute Gasteiger partial charge is 0.507 e. The molecular weight excluding hydrogens is 943 g/mol. The van der Waals surface area contributed by atoms with Crippen molar-refractivity contribution >= 4 is 151 Å². The number of thiol groups is 2. The Labute approximate surface area is 386 Å². The lowest BCUT2D eigenvalue weighted by atomic mass is 9.91. The molecule has 0 radical (unpaired) electrons. The van der Waals surface area contributed by atoms with E-state index < -0.39 is 11.7 Å². The van der Waals surface area contributed by atoms with Crippen molar-refractivity contribution in [3.8, 4) is 51.9 Å². The minimum absolute atomic E-state index is 0.0219. The Balaban J connectivity index is 0.985. The average molecular weight is 967 g/mol. The zero-order valence-corrected chi connectivity index (χ0v) is 37.8. The van der Waals surface area contributed by atoms with Crippen molar-refractivity contribution in [2.75, 3.05) is 0 Å². The maximum Gasteiger partial charge on any atom is 0.160 e. The number of phenolic OH excluding ortho intramolecular Hbond substituents is 2. The first-order chi connectivity index (χ1) is 30.0. The lowest BCUT2D eigenvalue weighted by molar-refractivity contribution is 0.111. The van der Waals surface area contributed by atoms with Gasteiger partial charge in [-0.3, -0.25) is 20.4 Å². The maximum atomic E-state index is 16.1. The van der Waals surface area contributed by atoms with Crippen molar-refractivity contribution in [1.29, 1.82) is 10.8 Å². The summed E-state index contributed by atoms with van der Waals surface area (Å²) in [4.78, 5) is 30.2. The SMILES string of the molecule is N=C1C(c2ccc(-c3ccc(C=O)s3)s2)=CC(F)=C(c2ccc(-c3cc(O)c(-c4ccc(C5=C(F)C=C(c6ccc(-c7ccc(C=O)s7)s6)C(=N)C5=NS)s4)cc3O)s2)C1=NS. The third-order valence-corrected chi connectivity index (χ3v) is 17.1. The highest BCUT2D eigenvalue weighted by Crippen LogP contribution is 2.48. The minimum Gasteiger partial charge on any atom is -0.507 e. The number of hydrogen-bond donors (Lipinski definition) is 6. The van der Waals surface area contributed by atoms with Gasteiger partial charge in [0.25, 0.3) is 0 Å². The van der Waals surface area contributed by atoms with Crippen LogP contribution < -0.4 is 0 Å². The number of rotatable bonds is 10. The third kappa shape index (κ3) is 7.49. The van der Waals surface area contributed by atoms with E-state index in [9.17, 15) is 19.8 Å². The van der Waals surface area contributed by atoms with E-state index in [4.69, 9.17) is 10.8 Å². The summed E-state index contributed by atoms with van der Waals surface area (Å²) >= 11 is 15.9. The fraction of sp³-hybridized carbons (Fsp3) is 0. The molecule has 2 aliphatic carbocycles. The maximum absolute atomic E-state index is 16.1. The van der Waals surface area contributed by atoms with E-state index in [1.54, 1.807) is 48.5 Å². The van der Waals surface area contributed by atoms with Gasteiger partial charge in [-0.05, 0) is 123 Å². The molecule has 0 unspecified atom stereocenters. The molecule has 7 aromatic rings. The Morgan fingerprint density at radius 1 is 0.484 bits per heavy atom. The number of halogens is 2. The Bertz CT molecular complexity index is 3040. The van der Waals surface area contributed by atoms with Crippen molar-refractivity contribution in [1.82, 2.24) is 0 Å². The standard InChI is InChI=1S/C44H24F2N4O4S8/c45-25-13-23(31-5-9-35(59-31)33-3-1-19(17-51)57-33)41(47)43(49-55)39(25)37-11-7-29(61-37)21-15-28(54)22(16-27(21)53)30-8-12-38(62-30)40-26(46)14-24(42(48)44(40)50-56)32-6-10-36(60-32)34-4-2-20(18-52)58-34/h1-18,47-48,53-56H. The van der Waals surface area contributed by atoms with Crippen molar-refractivity contribution in [2.45, 2.75) is 0 Å². The molecule has 0 saturated heterocycles. The van der Waals surface area contributed by atoms with Gasteiger partial charge in [-0.15, -0.1) is 68.0 Å². The number of thiophene rings is 6. The summed E-state index contributed by atoms with van der Waals surface area (Å²) in [7, 11) is 0. The van der Waals surface area contributed by atoms with Crippen LogP contribution in [-0.4, -0.2) is 45.6 Å². The Kier molecular flexibility index (Phi) is 11.5. The molecule has 0 amide bonds. The molecule has 6 heterocycles. The first-order valence-electron chi connectivity index (χ1n) is 17.9. The number of hydrogen-bond acceptors (Lipinski definition) is 16. The van der Waals surface area contributed by atoms with Gasteiger partial charge in [0.2, 0.25) is 0 Å². The number of carbonyl (C=O) groups excluding carboxylic acids is 2. The number of benzene rings is 1. The van der Waals surface area contributed by atoms with Crippen LogP contribution in [0.25, 0.3) is 62.7 Å². The van der Waals surface area contributed by atoms with Crippen molar-refractivity contribution in [3.63, 3.8) is 0 Å². The van der Waals surface area contributed by atoms with Gasteiger partial charge in [0.05, 0.1) is 32.3 Å². The highest BCUT2D eigenvalue weighted by atomic mass is 32.1. The predicted octanol–water partition coefficient (Wildman–Crippen LogP) is 13.9. The van der Waals surface area contributed by atoms with Gasteiger partial charge in [0, 0.05) is 71.0 Å². The van der Waals surface area contributed by atoms with Crippen LogP contribution in [0.15, 0.2) is 118 Å². The molecule has 0 atom stereocenters. The molecule has 306 valence electrons. The zero-order valence-electron chi connectivity index (χ0n) is 31.1. The smallest absolute Gasteiger partial charge is 0.160 e. The molecule has 4 N–H and O–H groups in total. The molecule has 0 fully saturated rings. The van der Waals surface area contributed by atoms with Crippen LogP contribution in [0.1, 0.15) is 38.9 Å². The van der Waals surface area contributed by atoms with Crippen LogP contribution in [-0.2, 0) is 0 Å². The molecule has 1 aromatic carbocycles. The number of aromatic hydroxyl groups is 2. The molecule has 62 heavy (non-hydrogen) atoms. The Hall–Kier alpha value is -5.44. The van der Waals surface area contributed by atoms with Gasteiger partial charge in [0.15, 0.2) is 12.6 Å². The van der Waals surface area contributed by atoms with Crippen LogP contribution in [0.5, 0.6) is 11.5 Å². The van der Waals surface area contributed by atoms with E-state index in [2.05, 4.69) is 34.4 Å². The van der Waals surface area contributed by atoms with E-state index >= 15 is 8.78 Å². The van der Waals surface area contributed by atoms with Gasteiger partial charge in [0.1, 0.15) is 34.6 Å². The average Bonchev–Trinajstić information content (AvgIpc) is 4.13. The first-order valence-corrected chi connectivity index (χ1v) is 23.6. The van der Waals surface area contributed by atoms with Crippen molar-refractivity contribution in [3.05, 3.63) is 138 Å². The quantitative estimate of drug-likeness (QED) is 0.0351. The highest BCUT2D eigenvalue weighted by Gasteiger charge is 2.31. The summed E-state index contributed by atoms with van der Waals surface area (Å²) in [6.07, 6.45) is 4.17. The lowest BCUT2D eigenvalue weighted by Crippen LogP contribution is -2.20. The van der Waals surface area contributed by atoms with Crippen LogP contribution in [0.3, 0.4) is 0 Å².